The van der Waals surface area contributed by atoms with Crippen molar-refractivity contribution in [2.45, 2.75) is 19.6 Å². The molecule has 0 saturated carbocycles. The molecule has 0 aromatic carbocycles. The number of aliphatic hydroxyl groups excluding tert-OH is 1. The molecule has 4 heteroatoms. The number of amides is 1. The van der Waals surface area contributed by atoms with E-state index in [1.165, 1.54) is 6.92 Å². The van der Waals surface area contributed by atoms with E-state index in [2.05, 4.69) is 0 Å². The van der Waals surface area contributed by atoms with Gasteiger partial charge in [0.2, 0.25) is 5.91 Å². The molecule has 1 rings (SSSR count). The van der Waals surface area contributed by atoms with Crippen LogP contribution in [-0.4, -0.2) is 34.5 Å². The number of hydrogen-bond donors (Lipinski definition) is 1. The molecule has 1 amide bonds. The zero-order chi connectivity index (χ0) is 7.72. The van der Waals surface area contributed by atoms with Gasteiger partial charge in [0.1, 0.15) is 6.23 Å². The first kappa shape index (κ1) is 7.21. The summed E-state index contributed by atoms with van der Waals surface area (Å²) in [7, 11) is 0. The molecule has 1 aliphatic rings. The molecule has 0 bridgehead atoms. The molecule has 1 atom stereocenters. The zero-order valence-corrected chi connectivity index (χ0v) is 5.70. The van der Waals surface area contributed by atoms with Gasteiger partial charge in [-0.2, -0.15) is 0 Å². The standard InChI is InChI=1S/C6H9NO3/c1-4(8)7-3-5(9)2-6(7)10/h4,8H,2-3H2,1H3. The fourth-order valence-corrected chi connectivity index (χ4v) is 0.945. The van der Waals surface area contributed by atoms with Crippen molar-refractivity contribution in [1.82, 2.24) is 4.90 Å². The number of carbonyl (C=O) groups is 2. The third-order valence-corrected chi connectivity index (χ3v) is 1.47. The number of rotatable bonds is 1. The Balaban J connectivity index is 2.63. The molecule has 1 unspecified atom stereocenters. The van der Waals surface area contributed by atoms with Crippen molar-refractivity contribution >= 4 is 11.7 Å². The van der Waals surface area contributed by atoms with Gasteiger partial charge in [0.05, 0.1) is 13.0 Å². The summed E-state index contributed by atoms with van der Waals surface area (Å²) in [6.07, 6.45) is -0.885. The second-order valence-corrected chi connectivity index (χ2v) is 2.37. The molecule has 0 aromatic heterocycles. The molecule has 10 heavy (non-hydrogen) atoms. The average Bonchev–Trinajstić information content (AvgIpc) is 2.10. The number of ketones is 1. The van der Waals surface area contributed by atoms with Crippen LogP contribution in [0.15, 0.2) is 0 Å². The van der Waals surface area contributed by atoms with E-state index < -0.39 is 6.23 Å². The highest BCUT2D eigenvalue weighted by atomic mass is 16.3. The monoisotopic (exact) mass is 143 g/mol. The average molecular weight is 143 g/mol. The zero-order valence-electron chi connectivity index (χ0n) is 5.70. The predicted molar refractivity (Wildman–Crippen MR) is 33.0 cm³/mol. The Morgan fingerprint density at radius 1 is 1.60 bits per heavy atom. The Bertz CT molecular complexity index is 176. The molecular weight excluding hydrogens is 134 g/mol. The molecule has 0 aliphatic carbocycles. The van der Waals surface area contributed by atoms with Crippen LogP contribution >= 0.6 is 0 Å². The number of carbonyl (C=O) groups excluding carboxylic acids is 2. The molecular formula is C6H9NO3. The highest BCUT2D eigenvalue weighted by molar-refractivity contribution is 6.05. The fourth-order valence-electron chi connectivity index (χ4n) is 0.945. The molecule has 0 aromatic rings. The Hall–Kier alpha value is -0.900. The van der Waals surface area contributed by atoms with Crippen LogP contribution in [0.25, 0.3) is 0 Å². The Morgan fingerprint density at radius 2 is 2.20 bits per heavy atom. The number of aliphatic hydroxyl groups is 1. The van der Waals surface area contributed by atoms with Crippen molar-refractivity contribution in [3.8, 4) is 0 Å². The molecule has 0 radical (unpaired) electrons. The first-order valence-electron chi connectivity index (χ1n) is 3.10. The lowest BCUT2D eigenvalue weighted by Crippen LogP contribution is -2.34. The summed E-state index contributed by atoms with van der Waals surface area (Å²) in [6.45, 7) is 1.53. The number of Topliss-reactive ketones (excluding diaryl/α,β-unsaturated/α-hetero) is 1. The van der Waals surface area contributed by atoms with Crippen molar-refractivity contribution < 1.29 is 14.7 Å². The van der Waals surface area contributed by atoms with E-state index in [1.807, 2.05) is 0 Å². The third kappa shape index (κ3) is 1.16. The molecule has 0 spiro atoms. The van der Waals surface area contributed by atoms with Crippen LogP contribution in [-0.2, 0) is 9.59 Å². The van der Waals surface area contributed by atoms with Gasteiger partial charge < -0.3 is 10.0 Å². The largest absolute Gasteiger partial charge is 0.374 e. The summed E-state index contributed by atoms with van der Waals surface area (Å²) in [5.41, 5.74) is 0. The van der Waals surface area contributed by atoms with Crippen LogP contribution < -0.4 is 0 Å². The van der Waals surface area contributed by atoms with E-state index in [-0.39, 0.29) is 24.7 Å². The van der Waals surface area contributed by atoms with Crippen molar-refractivity contribution in [3.63, 3.8) is 0 Å². The summed E-state index contributed by atoms with van der Waals surface area (Å²) in [4.78, 5) is 22.5. The summed E-state index contributed by atoms with van der Waals surface area (Å²) < 4.78 is 0. The van der Waals surface area contributed by atoms with Gasteiger partial charge in [-0.1, -0.05) is 0 Å². The number of likely N-dealkylation sites (tertiary alicyclic amines) is 1. The summed E-state index contributed by atoms with van der Waals surface area (Å²) >= 11 is 0. The second-order valence-electron chi connectivity index (χ2n) is 2.37. The third-order valence-electron chi connectivity index (χ3n) is 1.47. The van der Waals surface area contributed by atoms with E-state index in [0.717, 1.165) is 4.90 Å². The minimum atomic E-state index is -0.834. The number of nitrogens with zero attached hydrogens (tertiary/aromatic N) is 1. The van der Waals surface area contributed by atoms with E-state index in [1.54, 1.807) is 0 Å². The molecule has 1 heterocycles. The topological polar surface area (TPSA) is 57.6 Å². The van der Waals surface area contributed by atoms with Gasteiger partial charge in [0, 0.05) is 0 Å². The molecule has 56 valence electrons. The molecule has 1 aliphatic heterocycles. The Morgan fingerprint density at radius 3 is 2.40 bits per heavy atom. The minimum Gasteiger partial charge on any atom is -0.374 e. The van der Waals surface area contributed by atoms with Gasteiger partial charge in [-0.25, -0.2) is 0 Å². The van der Waals surface area contributed by atoms with E-state index >= 15 is 0 Å². The van der Waals surface area contributed by atoms with Crippen LogP contribution in [0.4, 0.5) is 0 Å². The fraction of sp³-hybridized carbons (Fsp3) is 0.667. The quantitative estimate of drug-likeness (QED) is 0.485. The molecule has 1 N–H and O–H groups in total. The van der Waals surface area contributed by atoms with Crippen LogP contribution in [0.5, 0.6) is 0 Å². The maximum atomic E-state index is 10.8. The predicted octanol–water partition coefficient (Wildman–Crippen LogP) is -0.874. The van der Waals surface area contributed by atoms with Crippen LogP contribution in [0.2, 0.25) is 0 Å². The van der Waals surface area contributed by atoms with Crippen molar-refractivity contribution in [2.24, 2.45) is 0 Å². The summed E-state index contributed by atoms with van der Waals surface area (Å²) in [5, 5.41) is 8.89. The lowest BCUT2D eigenvalue weighted by atomic mass is 10.3. The summed E-state index contributed by atoms with van der Waals surface area (Å²) in [5.74, 6) is -0.397. The smallest absolute Gasteiger partial charge is 0.232 e. The van der Waals surface area contributed by atoms with Crippen molar-refractivity contribution in [1.29, 1.82) is 0 Å². The maximum absolute atomic E-state index is 10.8. The van der Waals surface area contributed by atoms with E-state index in [0.29, 0.717) is 0 Å². The van der Waals surface area contributed by atoms with Gasteiger partial charge in [0.25, 0.3) is 0 Å². The SMILES string of the molecule is CC(O)N1CC(=O)CC1=O. The highest BCUT2D eigenvalue weighted by Gasteiger charge is 2.29. The van der Waals surface area contributed by atoms with Gasteiger partial charge in [-0.15, -0.1) is 0 Å². The first-order valence-corrected chi connectivity index (χ1v) is 3.10. The highest BCUT2D eigenvalue weighted by Crippen LogP contribution is 2.08. The molecule has 1 saturated heterocycles. The molecule has 1 fully saturated rings. The van der Waals surface area contributed by atoms with E-state index in [4.69, 9.17) is 5.11 Å². The Kier molecular flexibility index (Phi) is 1.72. The van der Waals surface area contributed by atoms with Crippen LogP contribution in [0, 0.1) is 0 Å². The summed E-state index contributed by atoms with van der Waals surface area (Å²) in [6, 6.07) is 0. The maximum Gasteiger partial charge on any atom is 0.232 e. The van der Waals surface area contributed by atoms with Crippen molar-refractivity contribution in [2.75, 3.05) is 6.54 Å². The minimum absolute atomic E-state index is 0.0507. The first-order chi connectivity index (χ1) is 4.61. The second kappa shape index (κ2) is 2.38. The van der Waals surface area contributed by atoms with Gasteiger partial charge >= 0.3 is 0 Å². The van der Waals surface area contributed by atoms with Crippen molar-refractivity contribution in [3.05, 3.63) is 0 Å². The Labute approximate surface area is 58.4 Å². The number of hydrogen-bond acceptors (Lipinski definition) is 3. The lowest BCUT2D eigenvalue weighted by Gasteiger charge is -2.16. The lowest BCUT2D eigenvalue weighted by molar-refractivity contribution is -0.135. The normalized spacial score (nSPS) is 22.0. The van der Waals surface area contributed by atoms with Gasteiger partial charge in [-0.3, -0.25) is 9.59 Å². The van der Waals surface area contributed by atoms with E-state index in [9.17, 15) is 9.59 Å². The van der Waals surface area contributed by atoms with Crippen LogP contribution in [0.3, 0.4) is 0 Å². The van der Waals surface area contributed by atoms with Gasteiger partial charge in [0.15, 0.2) is 5.78 Å². The van der Waals surface area contributed by atoms with Crippen LogP contribution in [0.1, 0.15) is 13.3 Å². The molecule has 4 nitrogen and oxygen atoms in total. The van der Waals surface area contributed by atoms with Gasteiger partial charge in [-0.05, 0) is 6.92 Å².